The van der Waals surface area contributed by atoms with Gasteiger partial charge in [-0.15, -0.1) is 0 Å². The number of unbranched alkanes of at least 4 members (excludes halogenated alkanes) is 1. The SMILES string of the molecule is CCCCOc1ccc(CN=[N+]=[N-])cc1. The minimum Gasteiger partial charge on any atom is -0.494 e. The number of benzene rings is 1. The number of rotatable bonds is 6. The van der Waals surface area contributed by atoms with E-state index in [-0.39, 0.29) is 0 Å². The average molecular weight is 205 g/mol. The van der Waals surface area contributed by atoms with E-state index in [4.69, 9.17) is 10.3 Å². The highest BCUT2D eigenvalue weighted by molar-refractivity contribution is 5.27. The zero-order chi connectivity index (χ0) is 10.9. The molecular formula is C11H15N3O. The van der Waals surface area contributed by atoms with E-state index in [1.165, 1.54) is 0 Å². The van der Waals surface area contributed by atoms with Gasteiger partial charge in [-0.3, -0.25) is 0 Å². The molecule has 0 bridgehead atoms. The van der Waals surface area contributed by atoms with E-state index in [1.807, 2.05) is 24.3 Å². The topological polar surface area (TPSA) is 58.0 Å². The maximum atomic E-state index is 8.16. The molecule has 1 rings (SSSR count). The molecule has 4 heteroatoms. The lowest BCUT2D eigenvalue weighted by Crippen LogP contribution is -1.96. The van der Waals surface area contributed by atoms with Crippen LogP contribution in [0.3, 0.4) is 0 Å². The van der Waals surface area contributed by atoms with Crippen LogP contribution in [0.25, 0.3) is 10.4 Å². The van der Waals surface area contributed by atoms with E-state index in [2.05, 4.69) is 16.9 Å². The summed E-state index contributed by atoms with van der Waals surface area (Å²) < 4.78 is 5.50. The quantitative estimate of drug-likeness (QED) is 0.302. The van der Waals surface area contributed by atoms with Gasteiger partial charge in [-0.25, -0.2) is 0 Å². The Morgan fingerprint density at radius 3 is 2.67 bits per heavy atom. The van der Waals surface area contributed by atoms with Gasteiger partial charge in [0.25, 0.3) is 0 Å². The lowest BCUT2D eigenvalue weighted by atomic mass is 10.2. The number of azide groups is 1. The molecule has 0 aromatic heterocycles. The van der Waals surface area contributed by atoms with E-state index in [9.17, 15) is 0 Å². The standard InChI is InChI=1S/C11H15N3O/c1-2-3-8-15-11-6-4-10(5-7-11)9-13-14-12/h4-7H,2-3,8-9H2,1H3. The second kappa shape index (κ2) is 6.74. The van der Waals surface area contributed by atoms with Gasteiger partial charge in [-0.2, -0.15) is 0 Å². The van der Waals surface area contributed by atoms with Gasteiger partial charge in [-0.05, 0) is 29.6 Å². The Bertz CT molecular complexity index is 328. The van der Waals surface area contributed by atoms with Crippen LogP contribution in [0.1, 0.15) is 25.3 Å². The summed E-state index contributed by atoms with van der Waals surface area (Å²) in [6, 6.07) is 7.63. The molecule has 80 valence electrons. The van der Waals surface area contributed by atoms with E-state index in [0.29, 0.717) is 6.54 Å². The van der Waals surface area contributed by atoms with Crippen molar-refractivity contribution >= 4 is 0 Å². The zero-order valence-electron chi connectivity index (χ0n) is 8.89. The number of hydrogen-bond acceptors (Lipinski definition) is 2. The Balaban J connectivity index is 2.44. The predicted molar refractivity (Wildman–Crippen MR) is 59.7 cm³/mol. The zero-order valence-corrected chi connectivity index (χ0v) is 8.89. The molecule has 0 N–H and O–H groups in total. The normalized spacial score (nSPS) is 9.40. The minimum atomic E-state index is 0.395. The molecule has 0 amide bonds. The van der Waals surface area contributed by atoms with Gasteiger partial charge in [0.05, 0.1) is 13.2 Å². The van der Waals surface area contributed by atoms with Crippen molar-refractivity contribution in [3.8, 4) is 5.75 Å². The highest BCUT2D eigenvalue weighted by Gasteiger charge is 1.94. The summed E-state index contributed by atoms with van der Waals surface area (Å²) in [6.45, 7) is 3.28. The van der Waals surface area contributed by atoms with Crippen molar-refractivity contribution < 1.29 is 4.74 Å². The van der Waals surface area contributed by atoms with Gasteiger partial charge < -0.3 is 4.74 Å². The first-order chi connectivity index (χ1) is 7.36. The molecule has 0 fully saturated rings. The molecule has 15 heavy (non-hydrogen) atoms. The molecule has 0 aliphatic heterocycles. The van der Waals surface area contributed by atoms with Crippen LogP contribution in [-0.2, 0) is 6.54 Å². The molecule has 0 spiro atoms. The van der Waals surface area contributed by atoms with Crippen LogP contribution in [0.2, 0.25) is 0 Å². The largest absolute Gasteiger partial charge is 0.494 e. The molecule has 1 aromatic carbocycles. The summed E-state index contributed by atoms with van der Waals surface area (Å²) >= 11 is 0. The van der Waals surface area contributed by atoms with Gasteiger partial charge in [0, 0.05) is 4.91 Å². The first kappa shape index (κ1) is 11.4. The van der Waals surface area contributed by atoms with E-state index in [0.717, 1.165) is 30.8 Å². The minimum absolute atomic E-state index is 0.395. The van der Waals surface area contributed by atoms with Crippen molar-refractivity contribution in [1.29, 1.82) is 0 Å². The van der Waals surface area contributed by atoms with E-state index < -0.39 is 0 Å². The molecule has 0 radical (unpaired) electrons. The molecule has 0 aliphatic carbocycles. The van der Waals surface area contributed by atoms with Crippen LogP contribution >= 0.6 is 0 Å². The molecule has 1 aromatic rings. The van der Waals surface area contributed by atoms with Crippen molar-refractivity contribution in [2.75, 3.05) is 6.61 Å². The maximum absolute atomic E-state index is 8.16. The number of nitrogens with zero attached hydrogens (tertiary/aromatic N) is 3. The lowest BCUT2D eigenvalue weighted by Gasteiger charge is -2.05. The molecule has 0 aliphatic rings. The Morgan fingerprint density at radius 1 is 1.33 bits per heavy atom. The monoisotopic (exact) mass is 205 g/mol. The van der Waals surface area contributed by atoms with Gasteiger partial charge in [0.1, 0.15) is 5.75 Å². The van der Waals surface area contributed by atoms with Crippen LogP contribution in [0, 0.1) is 0 Å². The number of hydrogen-bond donors (Lipinski definition) is 0. The molecule has 0 heterocycles. The third-order valence-electron chi connectivity index (χ3n) is 2.01. The first-order valence-corrected chi connectivity index (χ1v) is 5.09. The summed E-state index contributed by atoms with van der Waals surface area (Å²) in [7, 11) is 0. The molecule has 4 nitrogen and oxygen atoms in total. The Kier molecular flexibility index (Phi) is 5.12. The van der Waals surface area contributed by atoms with Crippen molar-refractivity contribution in [2.24, 2.45) is 5.11 Å². The van der Waals surface area contributed by atoms with Crippen LogP contribution in [-0.4, -0.2) is 6.61 Å². The molecule has 0 saturated heterocycles. The molecule has 0 saturated carbocycles. The smallest absolute Gasteiger partial charge is 0.119 e. The van der Waals surface area contributed by atoms with E-state index >= 15 is 0 Å². The second-order valence-electron chi connectivity index (χ2n) is 3.23. The van der Waals surface area contributed by atoms with Crippen LogP contribution in [0.4, 0.5) is 0 Å². The Morgan fingerprint density at radius 2 is 2.07 bits per heavy atom. The van der Waals surface area contributed by atoms with Crippen molar-refractivity contribution in [1.82, 2.24) is 0 Å². The van der Waals surface area contributed by atoms with Gasteiger partial charge >= 0.3 is 0 Å². The fraction of sp³-hybridized carbons (Fsp3) is 0.455. The summed E-state index contributed by atoms with van der Waals surface area (Å²) in [6.07, 6.45) is 2.20. The first-order valence-electron chi connectivity index (χ1n) is 5.09. The lowest BCUT2D eigenvalue weighted by molar-refractivity contribution is 0.309. The van der Waals surface area contributed by atoms with Crippen molar-refractivity contribution in [2.45, 2.75) is 26.3 Å². The summed E-state index contributed by atoms with van der Waals surface area (Å²) in [5.74, 6) is 0.869. The number of ether oxygens (including phenoxy) is 1. The molecule has 0 unspecified atom stereocenters. The summed E-state index contributed by atoms with van der Waals surface area (Å²) in [5, 5.41) is 3.49. The highest BCUT2D eigenvalue weighted by atomic mass is 16.5. The van der Waals surface area contributed by atoms with E-state index in [1.54, 1.807) is 0 Å². The third kappa shape index (κ3) is 4.38. The van der Waals surface area contributed by atoms with Gasteiger partial charge in [0.15, 0.2) is 0 Å². The summed E-state index contributed by atoms with van der Waals surface area (Å²) in [5.41, 5.74) is 9.16. The van der Waals surface area contributed by atoms with Gasteiger partial charge in [-0.1, -0.05) is 30.6 Å². The van der Waals surface area contributed by atoms with Gasteiger partial charge in [0.2, 0.25) is 0 Å². The maximum Gasteiger partial charge on any atom is 0.119 e. The Hall–Kier alpha value is -1.67. The molecule has 0 atom stereocenters. The van der Waals surface area contributed by atoms with Crippen LogP contribution in [0.15, 0.2) is 29.4 Å². The predicted octanol–water partition coefficient (Wildman–Crippen LogP) is 3.68. The van der Waals surface area contributed by atoms with Crippen LogP contribution in [0.5, 0.6) is 5.75 Å². The fourth-order valence-corrected chi connectivity index (χ4v) is 1.14. The van der Waals surface area contributed by atoms with Crippen molar-refractivity contribution in [3.05, 3.63) is 40.3 Å². The molecular weight excluding hydrogens is 190 g/mol. The highest BCUT2D eigenvalue weighted by Crippen LogP contribution is 2.13. The summed E-state index contributed by atoms with van der Waals surface area (Å²) in [4.78, 5) is 2.71. The fourth-order valence-electron chi connectivity index (χ4n) is 1.14. The Labute approximate surface area is 89.5 Å². The van der Waals surface area contributed by atoms with Crippen molar-refractivity contribution in [3.63, 3.8) is 0 Å². The average Bonchev–Trinajstić information content (AvgIpc) is 2.28. The third-order valence-corrected chi connectivity index (χ3v) is 2.01. The second-order valence-corrected chi connectivity index (χ2v) is 3.23. The van der Waals surface area contributed by atoms with Crippen LogP contribution < -0.4 is 4.74 Å².